The number of carbonyl (C=O) groups excluding carboxylic acids is 1. The number of rotatable bonds is 6. The zero-order valence-corrected chi connectivity index (χ0v) is 16.3. The van der Waals surface area contributed by atoms with Crippen LogP contribution in [0.4, 0.5) is 0 Å². The van der Waals surface area contributed by atoms with Crippen molar-refractivity contribution >= 4 is 17.8 Å². The van der Waals surface area contributed by atoms with Crippen LogP contribution in [0.2, 0.25) is 0 Å². The topological polar surface area (TPSA) is 131 Å². The highest BCUT2D eigenvalue weighted by atomic mass is 16.4. The Labute approximate surface area is 164 Å². The van der Waals surface area contributed by atoms with E-state index in [1.807, 2.05) is 20.8 Å². The number of hydrogen-bond acceptors (Lipinski definition) is 3. The van der Waals surface area contributed by atoms with Crippen LogP contribution in [0, 0.1) is 20.8 Å². The Morgan fingerprint density at radius 2 is 1.68 bits per heavy atom. The Bertz CT molecular complexity index is 881. The molecule has 0 saturated heterocycles. The van der Waals surface area contributed by atoms with E-state index in [0.717, 1.165) is 22.3 Å². The molecule has 2 aromatic carbocycles. The molecule has 0 spiro atoms. The van der Waals surface area contributed by atoms with Crippen LogP contribution in [0.3, 0.4) is 0 Å². The lowest BCUT2D eigenvalue weighted by atomic mass is 10.00. The summed E-state index contributed by atoms with van der Waals surface area (Å²) in [4.78, 5) is 26.9. The molecular weight excluding hydrogens is 356 g/mol. The summed E-state index contributed by atoms with van der Waals surface area (Å²) in [5, 5.41) is 11.8. The minimum absolute atomic E-state index is 0.0429. The molecule has 2 rings (SSSR count). The molecule has 28 heavy (non-hydrogen) atoms. The fraction of sp³-hybridized carbons (Fsp3) is 0.286. The smallest absolute Gasteiger partial charge is 0.320 e. The van der Waals surface area contributed by atoms with Gasteiger partial charge in [-0.2, -0.15) is 4.99 Å². The van der Waals surface area contributed by atoms with Gasteiger partial charge in [0.25, 0.3) is 5.91 Å². The second-order valence-corrected chi connectivity index (χ2v) is 6.88. The number of amides is 1. The Balaban J connectivity index is 2.01. The van der Waals surface area contributed by atoms with Crippen molar-refractivity contribution in [2.24, 2.45) is 16.5 Å². The average Bonchev–Trinajstić information content (AvgIpc) is 2.61. The zero-order valence-electron chi connectivity index (χ0n) is 16.3. The van der Waals surface area contributed by atoms with Crippen molar-refractivity contribution in [2.45, 2.75) is 39.8 Å². The van der Waals surface area contributed by atoms with Gasteiger partial charge in [0, 0.05) is 12.1 Å². The molecule has 6 N–H and O–H groups in total. The Kier molecular flexibility index (Phi) is 6.89. The SMILES string of the molecule is Cc1cc(C)c(CN/C(N)=N/C(=O)c2ccc(C[C@H](N)C(=O)O)cc2)c(C)c1. The second-order valence-electron chi connectivity index (χ2n) is 6.88. The normalized spacial score (nSPS) is 12.5. The van der Waals surface area contributed by atoms with Crippen molar-refractivity contribution < 1.29 is 14.7 Å². The molecule has 0 heterocycles. The molecule has 0 aromatic heterocycles. The van der Waals surface area contributed by atoms with Gasteiger partial charge in [0.1, 0.15) is 6.04 Å². The quantitative estimate of drug-likeness (QED) is 0.445. The van der Waals surface area contributed by atoms with Gasteiger partial charge in [-0.3, -0.25) is 9.59 Å². The summed E-state index contributed by atoms with van der Waals surface area (Å²) >= 11 is 0. The van der Waals surface area contributed by atoms with E-state index in [2.05, 4.69) is 22.4 Å². The summed E-state index contributed by atoms with van der Waals surface area (Å²) < 4.78 is 0. The molecule has 0 radical (unpaired) electrons. The molecule has 0 aliphatic rings. The maximum atomic E-state index is 12.3. The number of aliphatic imine (C=N–C) groups is 1. The Morgan fingerprint density at radius 1 is 1.11 bits per heavy atom. The largest absolute Gasteiger partial charge is 0.480 e. The third-order valence-electron chi connectivity index (χ3n) is 4.48. The van der Waals surface area contributed by atoms with Crippen LogP contribution < -0.4 is 16.8 Å². The molecule has 7 heteroatoms. The summed E-state index contributed by atoms with van der Waals surface area (Å²) in [5.74, 6) is -1.50. The highest BCUT2D eigenvalue weighted by Crippen LogP contribution is 2.16. The van der Waals surface area contributed by atoms with Crippen molar-refractivity contribution in [1.29, 1.82) is 0 Å². The third kappa shape index (κ3) is 5.65. The van der Waals surface area contributed by atoms with Crippen molar-refractivity contribution in [3.8, 4) is 0 Å². The summed E-state index contributed by atoms with van der Waals surface area (Å²) in [6.45, 7) is 6.60. The number of carbonyl (C=O) groups is 2. The van der Waals surface area contributed by atoms with Crippen molar-refractivity contribution in [1.82, 2.24) is 5.32 Å². The van der Waals surface area contributed by atoms with Crippen LogP contribution in [0.1, 0.15) is 38.2 Å². The van der Waals surface area contributed by atoms with E-state index < -0.39 is 17.9 Å². The van der Waals surface area contributed by atoms with Gasteiger partial charge in [-0.25, -0.2) is 0 Å². The van der Waals surface area contributed by atoms with Gasteiger partial charge in [-0.05, 0) is 61.6 Å². The number of aliphatic carboxylic acids is 1. The van der Waals surface area contributed by atoms with E-state index in [9.17, 15) is 9.59 Å². The van der Waals surface area contributed by atoms with Crippen molar-refractivity contribution in [3.63, 3.8) is 0 Å². The lowest BCUT2D eigenvalue weighted by Gasteiger charge is -2.12. The van der Waals surface area contributed by atoms with Crippen LogP contribution in [0.5, 0.6) is 0 Å². The lowest BCUT2D eigenvalue weighted by Crippen LogP contribution is -2.32. The first-order chi connectivity index (χ1) is 13.2. The zero-order chi connectivity index (χ0) is 20.8. The maximum Gasteiger partial charge on any atom is 0.320 e. The third-order valence-corrected chi connectivity index (χ3v) is 4.48. The fourth-order valence-corrected chi connectivity index (χ4v) is 3.01. The standard InChI is InChI=1S/C21H26N4O3/c1-12-8-13(2)17(14(3)9-12)11-24-21(23)25-19(26)16-6-4-15(5-7-16)10-18(22)20(27)28/h4-9,18H,10-11,22H2,1-3H3,(H,27,28)(H3,23,24,25,26)/t18-/m0/s1. The van der Waals surface area contributed by atoms with Gasteiger partial charge in [-0.1, -0.05) is 29.8 Å². The number of benzene rings is 2. The second kappa shape index (κ2) is 9.14. The number of carboxylic acids is 1. The first kappa shape index (κ1) is 21.1. The average molecular weight is 382 g/mol. The number of guanidine groups is 1. The summed E-state index contributed by atoms with van der Waals surface area (Å²) in [5.41, 5.74) is 17.1. The summed E-state index contributed by atoms with van der Waals surface area (Å²) in [6.07, 6.45) is 0.187. The predicted octanol–water partition coefficient (Wildman–Crippen LogP) is 1.81. The van der Waals surface area contributed by atoms with Crippen molar-refractivity contribution in [3.05, 3.63) is 69.8 Å². The van der Waals surface area contributed by atoms with Crippen LogP contribution in [-0.2, 0) is 17.8 Å². The van der Waals surface area contributed by atoms with Gasteiger partial charge in [0.2, 0.25) is 0 Å². The highest BCUT2D eigenvalue weighted by molar-refractivity contribution is 6.02. The maximum absolute atomic E-state index is 12.3. The van der Waals surface area contributed by atoms with E-state index in [-0.39, 0.29) is 12.4 Å². The number of nitrogens with zero attached hydrogens (tertiary/aromatic N) is 1. The number of hydrogen-bond donors (Lipinski definition) is 4. The number of nitrogens with one attached hydrogen (secondary N) is 1. The van der Waals surface area contributed by atoms with E-state index in [4.69, 9.17) is 16.6 Å². The molecule has 1 atom stereocenters. The fourth-order valence-electron chi connectivity index (χ4n) is 3.01. The van der Waals surface area contributed by atoms with Gasteiger partial charge < -0.3 is 21.9 Å². The molecule has 0 bridgehead atoms. The molecule has 2 aromatic rings. The lowest BCUT2D eigenvalue weighted by molar-refractivity contribution is -0.138. The molecule has 0 saturated carbocycles. The van der Waals surface area contributed by atoms with Crippen LogP contribution >= 0.6 is 0 Å². The van der Waals surface area contributed by atoms with Gasteiger partial charge in [0.15, 0.2) is 5.96 Å². The summed E-state index contributed by atoms with van der Waals surface area (Å²) in [6, 6.07) is 9.70. The number of carboxylic acid groups (broad SMARTS) is 1. The van der Waals surface area contributed by atoms with Crippen LogP contribution in [-0.4, -0.2) is 29.0 Å². The Morgan fingerprint density at radius 3 is 2.21 bits per heavy atom. The minimum atomic E-state index is -1.07. The van der Waals surface area contributed by atoms with E-state index in [0.29, 0.717) is 12.1 Å². The Hall–Kier alpha value is -3.19. The molecule has 0 unspecified atom stereocenters. The first-order valence-electron chi connectivity index (χ1n) is 8.93. The molecule has 148 valence electrons. The molecule has 0 aliphatic heterocycles. The number of aryl methyl sites for hydroxylation is 3. The van der Waals surface area contributed by atoms with Gasteiger partial charge in [0.05, 0.1) is 0 Å². The van der Waals surface area contributed by atoms with E-state index in [1.165, 1.54) is 5.56 Å². The molecule has 1 amide bonds. The van der Waals surface area contributed by atoms with Crippen LogP contribution in [0.15, 0.2) is 41.4 Å². The molecule has 0 aliphatic carbocycles. The van der Waals surface area contributed by atoms with E-state index in [1.54, 1.807) is 24.3 Å². The summed E-state index contributed by atoms with van der Waals surface area (Å²) in [7, 11) is 0. The van der Waals surface area contributed by atoms with Gasteiger partial charge >= 0.3 is 5.97 Å². The van der Waals surface area contributed by atoms with Crippen LogP contribution in [0.25, 0.3) is 0 Å². The molecule has 7 nitrogen and oxygen atoms in total. The predicted molar refractivity (Wildman–Crippen MR) is 109 cm³/mol. The number of nitrogens with two attached hydrogens (primary N) is 2. The molecular formula is C21H26N4O3. The van der Waals surface area contributed by atoms with E-state index >= 15 is 0 Å². The monoisotopic (exact) mass is 382 g/mol. The highest BCUT2D eigenvalue weighted by Gasteiger charge is 2.13. The van der Waals surface area contributed by atoms with Gasteiger partial charge in [-0.15, -0.1) is 0 Å². The van der Waals surface area contributed by atoms with Crippen molar-refractivity contribution in [2.75, 3.05) is 0 Å². The first-order valence-corrected chi connectivity index (χ1v) is 8.93. The minimum Gasteiger partial charge on any atom is -0.480 e. The molecule has 0 fully saturated rings.